The van der Waals surface area contributed by atoms with Gasteiger partial charge in [0, 0.05) is 28.5 Å². The van der Waals surface area contributed by atoms with Gasteiger partial charge in [-0.05, 0) is 29.2 Å². The average molecular weight is 479 g/mol. The Morgan fingerprint density at radius 2 is 1.97 bits per heavy atom. The molecule has 0 radical (unpaired) electrons. The van der Waals surface area contributed by atoms with Crippen LogP contribution in [-0.2, 0) is 16.1 Å². The van der Waals surface area contributed by atoms with Gasteiger partial charge in [-0.2, -0.15) is 5.26 Å². The van der Waals surface area contributed by atoms with Crippen molar-refractivity contribution in [3.63, 3.8) is 0 Å². The monoisotopic (exact) mass is 478 g/mol. The maximum Gasteiger partial charge on any atom is 0.205 e. The molecular weight excluding hydrogens is 456 g/mol. The molecular formula is C25H23BrN2O3. The lowest BCUT2D eigenvalue weighted by atomic mass is 9.70. The first kappa shape index (κ1) is 21.2. The van der Waals surface area contributed by atoms with Crippen molar-refractivity contribution in [3.05, 3.63) is 86.9 Å². The molecule has 0 fully saturated rings. The van der Waals surface area contributed by atoms with Crippen LogP contribution in [0.4, 0.5) is 0 Å². The standard InChI is InChI=1S/C25H23BrN2O3/c1-25(2)11-19(29)23-21(12-25)31-24(28)18(13-27)22(23)17-10-16(26)8-9-20(17)30-14-15-6-4-3-5-7-15/h3-10,22H,11-12,14,28H2,1-2H3/t22-/m1/s1. The topological polar surface area (TPSA) is 85.3 Å². The van der Waals surface area contributed by atoms with Gasteiger partial charge in [-0.15, -0.1) is 0 Å². The zero-order valence-corrected chi connectivity index (χ0v) is 19.0. The number of allylic oxidation sites excluding steroid dienone is 3. The van der Waals surface area contributed by atoms with E-state index in [0.29, 0.717) is 42.1 Å². The maximum absolute atomic E-state index is 13.2. The van der Waals surface area contributed by atoms with Crippen LogP contribution in [0.3, 0.4) is 0 Å². The number of ketones is 1. The van der Waals surface area contributed by atoms with Crippen LogP contribution in [0.25, 0.3) is 0 Å². The van der Waals surface area contributed by atoms with Gasteiger partial charge < -0.3 is 15.2 Å². The fourth-order valence-electron chi connectivity index (χ4n) is 4.21. The molecule has 6 heteroatoms. The number of rotatable bonds is 4. The van der Waals surface area contributed by atoms with Gasteiger partial charge >= 0.3 is 0 Å². The normalized spacial score (nSPS) is 20.1. The zero-order chi connectivity index (χ0) is 22.2. The Labute approximate surface area is 190 Å². The molecule has 5 nitrogen and oxygen atoms in total. The minimum atomic E-state index is -0.624. The number of nitrogens with two attached hydrogens (primary N) is 1. The summed E-state index contributed by atoms with van der Waals surface area (Å²) < 4.78 is 12.8. The van der Waals surface area contributed by atoms with Gasteiger partial charge in [-0.25, -0.2) is 0 Å². The summed E-state index contributed by atoms with van der Waals surface area (Å²) in [5.74, 6) is 0.553. The first-order valence-electron chi connectivity index (χ1n) is 10.1. The number of carbonyl (C=O) groups excluding carboxylic acids is 1. The maximum atomic E-state index is 13.2. The number of Topliss-reactive ketones (excluding diaryl/α,β-unsaturated/α-hetero) is 1. The van der Waals surface area contributed by atoms with Crippen molar-refractivity contribution in [3.8, 4) is 11.8 Å². The third-order valence-corrected chi connectivity index (χ3v) is 6.09. The van der Waals surface area contributed by atoms with Gasteiger partial charge in [0.15, 0.2) is 5.78 Å². The molecule has 0 unspecified atom stereocenters. The zero-order valence-electron chi connectivity index (χ0n) is 17.4. The van der Waals surface area contributed by atoms with Gasteiger partial charge in [0.1, 0.15) is 29.8 Å². The number of halogens is 1. The van der Waals surface area contributed by atoms with Crippen LogP contribution in [0.15, 0.2) is 75.8 Å². The lowest BCUT2D eigenvalue weighted by Crippen LogP contribution is -2.33. The van der Waals surface area contributed by atoms with Gasteiger partial charge in [-0.1, -0.05) is 60.1 Å². The van der Waals surface area contributed by atoms with Crippen molar-refractivity contribution < 1.29 is 14.3 Å². The predicted octanol–water partition coefficient (Wildman–Crippen LogP) is 5.48. The number of hydrogen-bond acceptors (Lipinski definition) is 5. The lowest BCUT2D eigenvalue weighted by Gasteiger charge is -2.37. The van der Waals surface area contributed by atoms with Crippen LogP contribution in [0, 0.1) is 16.7 Å². The summed E-state index contributed by atoms with van der Waals surface area (Å²) in [5, 5.41) is 9.89. The van der Waals surface area contributed by atoms with E-state index in [0.717, 1.165) is 10.0 Å². The predicted molar refractivity (Wildman–Crippen MR) is 121 cm³/mol. The van der Waals surface area contributed by atoms with E-state index in [1.807, 2.05) is 62.4 Å². The summed E-state index contributed by atoms with van der Waals surface area (Å²) >= 11 is 3.52. The molecule has 1 atom stereocenters. The van der Waals surface area contributed by atoms with Crippen LogP contribution >= 0.6 is 15.9 Å². The van der Waals surface area contributed by atoms with Gasteiger partial charge in [-0.3, -0.25) is 4.79 Å². The van der Waals surface area contributed by atoms with Gasteiger partial charge in [0.2, 0.25) is 5.88 Å². The van der Waals surface area contributed by atoms with E-state index in [9.17, 15) is 10.1 Å². The van der Waals surface area contributed by atoms with Crippen LogP contribution in [-0.4, -0.2) is 5.78 Å². The summed E-state index contributed by atoms with van der Waals surface area (Å²) in [4.78, 5) is 13.2. The third kappa shape index (κ3) is 4.24. The molecule has 1 heterocycles. The van der Waals surface area contributed by atoms with E-state index >= 15 is 0 Å². The Morgan fingerprint density at radius 1 is 1.23 bits per heavy atom. The highest BCUT2D eigenvalue weighted by atomic mass is 79.9. The SMILES string of the molecule is CC1(C)CC(=O)C2=C(C1)OC(N)=C(C#N)[C@H]2c1cc(Br)ccc1OCc1ccccc1. The first-order valence-corrected chi connectivity index (χ1v) is 10.9. The molecule has 0 bridgehead atoms. The molecule has 158 valence electrons. The van der Waals surface area contributed by atoms with Crippen LogP contribution in [0.2, 0.25) is 0 Å². The van der Waals surface area contributed by atoms with Crippen molar-refractivity contribution in [2.24, 2.45) is 11.1 Å². The second-order valence-corrected chi connectivity index (χ2v) is 9.57. The van der Waals surface area contributed by atoms with Crippen molar-refractivity contribution >= 4 is 21.7 Å². The van der Waals surface area contributed by atoms with Gasteiger partial charge in [0.25, 0.3) is 0 Å². The smallest absolute Gasteiger partial charge is 0.205 e. The number of nitrogens with zero attached hydrogens (tertiary/aromatic N) is 1. The Morgan fingerprint density at radius 3 is 2.68 bits per heavy atom. The van der Waals surface area contributed by atoms with Crippen molar-refractivity contribution in [2.45, 2.75) is 39.2 Å². The second kappa shape index (κ2) is 8.24. The quantitative estimate of drug-likeness (QED) is 0.628. The molecule has 1 aliphatic heterocycles. The Bertz CT molecular complexity index is 1140. The summed E-state index contributed by atoms with van der Waals surface area (Å²) in [6, 6.07) is 17.6. The van der Waals surface area contributed by atoms with E-state index < -0.39 is 5.92 Å². The molecule has 0 spiro atoms. The number of carbonyl (C=O) groups is 1. The van der Waals surface area contributed by atoms with Crippen molar-refractivity contribution in [1.82, 2.24) is 0 Å². The lowest BCUT2D eigenvalue weighted by molar-refractivity contribution is -0.119. The van der Waals surface area contributed by atoms with E-state index in [1.54, 1.807) is 0 Å². The number of hydrogen-bond donors (Lipinski definition) is 1. The molecule has 0 aromatic heterocycles. The molecule has 0 saturated carbocycles. The van der Waals surface area contributed by atoms with Gasteiger partial charge in [0.05, 0.1) is 5.92 Å². The fraction of sp³-hybridized carbons (Fsp3) is 0.280. The molecule has 0 amide bonds. The Hall–Kier alpha value is -3.04. The Kier molecular flexibility index (Phi) is 5.63. The molecule has 2 aromatic rings. The van der Waals surface area contributed by atoms with Crippen molar-refractivity contribution in [2.75, 3.05) is 0 Å². The number of ether oxygens (including phenoxy) is 2. The first-order chi connectivity index (χ1) is 14.8. The van der Waals surface area contributed by atoms with E-state index in [2.05, 4.69) is 22.0 Å². The minimum absolute atomic E-state index is 0.0227. The summed E-state index contributed by atoms with van der Waals surface area (Å²) in [5.41, 5.74) is 8.40. The van der Waals surface area contributed by atoms with E-state index in [4.69, 9.17) is 15.2 Å². The highest BCUT2D eigenvalue weighted by Gasteiger charge is 2.43. The Balaban J connectivity index is 1.81. The van der Waals surface area contributed by atoms with Crippen molar-refractivity contribution in [1.29, 1.82) is 5.26 Å². The third-order valence-electron chi connectivity index (χ3n) is 5.60. The largest absolute Gasteiger partial charge is 0.489 e. The average Bonchev–Trinajstić information content (AvgIpc) is 2.71. The highest BCUT2D eigenvalue weighted by molar-refractivity contribution is 9.10. The molecule has 2 N–H and O–H groups in total. The molecule has 4 rings (SSSR count). The van der Waals surface area contributed by atoms with E-state index in [1.165, 1.54) is 0 Å². The van der Waals surface area contributed by atoms with Crippen LogP contribution < -0.4 is 10.5 Å². The summed E-state index contributed by atoms with van der Waals surface area (Å²) in [7, 11) is 0. The van der Waals surface area contributed by atoms with Crippen LogP contribution in [0.1, 0.15) is 43.7 Å². The molecule has 0 saturated heterocycles. The summed E-state index contributed by atoms with van der Waals surface area (Å²) in [6.07, 6.45) is 0.969. The van der Waals surface area contributed by atoms with Crippen LogP contribution in [0.5, 0.6) is 5.75 Å². The molecule has 2 aromatic carbocycles. The summed E-state index contributed by atoms with van der Waals surface area (Å²) in [6.45, 7) is 4.42. The molecule has 2 aliphatic rings. The molecule has 1 aliphatic carbocycles. The van der Waals surface area contributed by atoms with E-state index in [-0.39, 0.29) is 22.7 Å². The second-order valence-electron chi connectivity index (χ2n) is 8.66. The minimum Gasteiger partial charge on any atom is -0.489 e. The molecule has 31 heavy (non-hydrogen) atoms. The number of benzene rings is 2. The highest BCUT2D eigenvalue weighted by Crippen LogP contribution is 2.49. The fourth-order valence-corrected chi connectivity index (χ4v) is 4.59. The number of nitriles is 1.